The smallest absolute Gasteiger partial charge is 0.255 e. The first-order valence-corrected chi connectivity index (χ1v) is 10.3. The molecule has 1 fully saturated rings. The summed E-state index contributed by atoms with van der Waals surface area (Å²) >= 11 is 0. The van der Waals surface area contributed by atoms with Gasteiger partial charge in [0.05, 0.1) is 16.8 Å². The highest BCUT2D eigenvalue weighted by molar-refractivity contribution is 6.00. The minimum Gasteiger partial charge on any atom is -0.382 e. The number of hydrogen-bond donors (Lipinski definition) is 3. The van der Waals surface area contributed by atoms with Gasteiger partial charge in [0.1, 0.15) is 11.9 Å². The molecule has 0 atom stereocenters. The van der Waals surface area contributed by atoms with Crippen molar-refractivity contribution >= 4 is 23.2 Å². The van der Waals surface area contributed by atoms with E-state index >= 15 is 0 Å². The Bertz CT molecular complexity index is 947. The second kappa shape index (κ2) is 9.53. The number of nitrogens with one attached hydrogen (secondary N) is 3. The van der Waals surface area contributed by atoms with Crippen molar-refractivity contribution in [2.24, 2.45) is 5.92 Å². The van der Waals surface area contributed by atoms with Crippen LogP contribution in [0.2, 0.25) is 0 Å². The van der Waals surface area contributed by atoms with E-state index < -0.39 is 5.82 Å². The molecule has 8 heteroatoms. The molecule has 1 amide bonds. The van der Waals surface area contributed by atoms with Crippen LogP contribution in [0.5, 0.6) is 0 Å². The second-order valence-electron chi connectivity index (χ2n) is 8.14. The number of nitrogens with zero attached hydrogens (tertiary/aromatic N) is 3. The topological polar surface area (TPSA) is 103 Å². The summed E-state index contributed by atoms with van der Waals surface area (Å²) in [5.41, 5.74) is 1.19. The number of carbonyl (C=O) groups is 1. The molecule has 3 rings (SSSR count). The predicted octanol–water partition coefficient (Wildman–Crippen LogP) is 4.36. The SMILES string of the molecule is CC1CCC(NC(=O)c2cnc(Nc3ncc(C#N)cc3F)cc2NC(C)C)CC1. The monoisotopic (exact) mass is 410 g/mol. The fourth-order valence-corrected chi connectivity index (χ4v) is 3.52. The van der Waals surface area contributed by atoms with Crippen LogP contribution in [0.4, 0.5) is 21.7 Å². The van der Waals surface area contributed by atoms with E-state index in [1.54, 1.807) is 6.07 Å². The van der Waals surface area contributed by atoms with Crippen molar-refractivity contribution in [3.8, 4) is 6.07 Å². The molecular weight excluding hydrogens is 383 g/mol. The Labute approximate surface area is 176 Å². The molecule has 2 aromatic heterocycles. The molecule has 0 saturated heterocycles. The lowest BCUT2D eigenvalue weighted by atomic mass is 9.87. The van der Waals surface area contributed by atoms with Gasteiger partial charge in [-0.15, -0.1) is 0 Å². The van der Waals surface area contributed by atoms with Gasteiger partial charge in [-0.2, -0.15) is 5.26 Å². The molecule has 0 aromatic carbocycles. The summed E-state index contributed by atoms with van der Waals surface area (Å²) in [6.45, 7) is 6.18. The fraction of sp³-hybridized carbons (Fsp3) is 0.455. The molecule has 2 heterocycles. The van der Waals surface area contributed by atoms with Gasteiger partial charge in [-0.3, -0.25) is 4.79 Å². The Morgan fingerprint density at radius 3 is 2.57 bits per heavy atom. The first kappa shape index (κ1) is 21.5. The maximum Gasteiger partial charge on any atom is 0.255 e. The van der Waals surface area contributed by atoms with Crippen molar-refractivity contribution in [3.63, 3.8) is 0 Å². The average Bonchev–Trinajstić information content (AvgIpc) is 2.71. The van der Waals surface area contributed by atoms with Crippen LogP contribution in [-0.2, 0) is 0 Å². The number of rotatable bonds is 6. The molecule has 7 nitrogen and oxygen atoms in total. The van der Waals surface area contributed by atoms with E-state index in [9.17, 15) is 9.18 Å². The van der Waals surface area contributed by atoms with Crippen LogP contribution in [0.25, 0.3) is 0 Å². The molecule has 0 radical (unpaired) electrons. The normalized spacial score (nSPS) is 18.5. The molecule has 2 aromatic rings. The van der Waals surface area contributed by atoms with Crippen LogP contribution in [-0.4, -0.2) is 28.0 Å². The van der Waals surface area contributed by atoms with E-state index in [1.165, 1.54) is 12.4 Å². The van der Waals surface area contributed by atoms with Gasteiger partial charge < -0.3 is 16.0 Å². The van der Waals surface area contributed by atoms with Crippen molar-refractivity contribution < 1.29 is 9.18 Å². The lowest BCUT2D eigenvalue weighted by Gasteiger charge is -2.27. The third kappa shape index (κ3) is 5.44. The molecule has 1 aliphatic rings. The molecule has 158 valence electrons. The molecule has 0 unspecified atom stereocenters. The number of nitriles is 1. The van der Waals surface area contributed by atoms with Gasteiger partial charge in [-0.1, -0.05) is 6.92 Å². The van der Waals surface area contributed by atoms with E-state index in [0.717, 1.165) is 31.7 Å². The number of hydrogen-bond acceptors (Lipinski definition) is 6. The Balaban J connectivity index is 1.79. The summed E-state index contributed by atoms with van der Waals surface area (Å²) in [4.78, 5) is 21.1. The highest BCUT2D eigenvalue weighted by atomic mass is 19.1. The van der Waals surface area contributed by atoms with Gasteiger partial charge in [-0.25, -0.2) is 14.4 Å². The van der Waals surface area contributed by atoms with E-state index in [-0.39, 0.29) is 29.4 Å². The standard InChI is InChI=1S/C22H27FN6O/c1-13(2)27-19-9-20(29-21-18(23)8-15(10-24)11-26-21)25-12-17(19)22(30)28-16-6-4-14(3)5-7-16/h8-9,11-14,16H,4-7H2,1-3H3,(H,28,30)(H2,25,26,27,29). The van der Waals surface area contributed by atoms with E-state index in [0.29, 0.717) is 23.0 Å². The summed E-state index contributed by atoms with van der Waals surface area (Å²) in [5.74, 6) is 0.199. The Hall–Kier alpha value is -3.21. The molecule has 3 N–H and O–H groups in total. The minimum atomic E-state index is -0.650. The van der Waals surface area contributed by atoms with Crippen molar-refractivity contribution in [1.29, 1.82) is 5.26 Å². The van der Waals surface area contributed by atoms with Crippen LogP contribution in [0.3, 0.4) is 0 Å². The number of anilines is 3. The molecule has 0 spiro atoms. The number of amides is 1. The predicted molar refractivity (Wildman–Crippen MR) is 114 cm³/mol. The van der Waals surface area contributed by atoms with Crippen LogP contribution in [0.15, 0.2) is 24.5 Å². The van der Waals surface area contributed by atoms with E-state index in [2.05, 4.69) is 32.8 Å². The number of aromatic nitrogens is 2. The molecule has 1 saturated carbocycles. The van der Waals surface area contributed by atoms with Crippen LogP contribution in [0.1, 0.15) is 62.4 Å². The molecule has 1 aliphatic carbocycles. The Kier molecular flexibility index (Phi) is 6.83. The Morgan fingerprint density at radius 1 is 1.20 bits per heavy atom. The van der Waals surface area contributed by atoms with E-state index in [1.807, 2.05) is 19.9 Å². The zero-order chi connectivity index (χ0) is 21.7. The summed E-state index contributed by atoms with van der Waals surface area (Å²) in [6, 6.07) is 4.88. The highest BCUT2D eigenvalue weighted by Crippen LogP contribution is 2.26. The first-order valence-electron chi connectivity index (χ1n) is 10.3. The lowest BCUT2D eigenvalue weighted by molar-refractivity contribution is 0.0923. The van der Waals surface area contributed by atoms with Gasteiger partial charge in [0, 0.05) is 30.5 Å². The maximum atomic E-state index is 14.1. The molecule has 0 bridgehead atoms. The van der Waals surface area contributed by atoms with E-state index in [4.69, 9.17) is 5.26 Å². The van der Waals surface area contributed by atoms with Crippen molar-refractivity contribution in [3.05, 3.63) is 41.5 Å². The quantitative estimate of drug-likeness (QED) is 0.654. The third-order valence-electron chi connectivity index (χ3n) is 5.16. The molecule has 30 heavy (non-hydrogen) atoms. The Morgan fingerprint density at radius 2 is 1.93 bits per heavy atom. The van der Waals surface area contributed by atoms with Gasteiger partial charge in [0.2, 0.25) is 0 Å². The minimum absolute atomic E-state index is 0.0366. The summed E-state index contributed by atoms with van der Waals surface area (Å²) in [6.07, 6.45) is 6.96. The highest BCUT2D eigenvalue weighted by Gasteiger charge is 2.22. The molecular formula is C22H27FN6O. The van der Waals surface area contributed by atoms with Crippen molar-refractivity contribution in [2.45, 2.75) is 58.5 Å². The third-order valence-corrected chi connectivity index (χ3v) is 5.16. The van der Waals surface area contributed by atoms with Crippen LogP contribution < -0.4 is 16.0 Å². The van der Waals surface area contributed by atoms with Crippen LogP contribution >= 0.6 is 0 Å². The number of halogens is 1. The average molecular weight is 410 g/mol. The summed E-state index contributed by atoms with van der Waals surface area (Å²) < 4.78 is 14.1. The van der Waals surface area contributed by atoms with Gasteiger partial charge >= 0.3 is 0 Å². The van der Waals surface area contributed by atoms with Gasteiger partial charge in [0.15, 0.2) is 11.6 Å². The lowest BCUT2D eigenvalue weighted by Crippen LogP contribution is -2.37. The largest absolute Gasteiger partial charge is 0.382 e. The van der Waals surface area contributed by atoms with Gasteiger partial charge in [0.25, 0.3) is 5.91 Å². The van der Waals surface area contributed by atoms with Gasteiger partial charge in [-0.05, 0) is 51.5 Å². The van der Waals surface area contributed by atoms with Crippen molar-refractivity contribution in [2.75, 3.05) is 10.6 Å². The molecule has 0 aliphatic heterocycles. The maximum absolute atomic E-state index is 14.1. The number of carbonyl (C=O) groups excluding carboxylic acids is 1. The first-order chi connectivity index (χ1) is 14.4. The summed E-state index contributed by atoms with van der Waals surface area (Å²) in [5, 5.41) is 18.0. The van der Waals surface area contributed by atoms with Crippen LogP contribution in [0, 0.1) is 23.1 Å². The zero-order valence-electron chi connectivity index (χ0n) is 17.5. The summed E-state index contributed by atoms with van der Waals surface area (Å²) in [7, 11) is 0. The second-order valence-corrected chi connectivity index (χ2v) is 8.14. The number of pyridine rings is 2. The zero-order valence-corrected chi connectivity index (χ0v) is 17.5. The van der Waals surface area contributed by atoms with Crippen molar-refractivity contribution in [1.82, 2.24) is 15.3 Å². The fourth-order valence-electron chi connectivity index (χ4n) is 3.52.